The third-order valence-corrected chi connectivity index (χ3v) is 5.11. The number of aryl methyl sites for hydroxylation is 1. The van der Waals surface area contributed by atoms with E-state index in [1.165, 1.54) is 10.4 Å². The molecule has 0 unspecified atom stereocenters. The Hall–Kier alpha value is -2.86. The van der Waals surface area contributed by atoms with Gasteiger partial charge in [-0.2, -0.15) is 0 Å². The van der Waals surface area contributed by atoms with Crippen LogP contribution in [0.5, 0.6) is 0 Å². The Labute approximate surface area is 150 Å². The summed E-state index contributed by atoms with van der Waals surface area (Å²) in [7, 11) is 4.06. The number of fused-ring (bicyclic) bond motifs is 1. The predicted molar refractivity (Wildman–Crippen MR) is 105 cm³/mol. The molecule has 1 aromatic carbocycles. The largest absolute Gasteiger partial charge is 0.378 e. The molecule has 0 aliphatic heterocycles. The zero-order chi connectivity index (χ0) is 17.4. The van der Waals surface area contributed by atoms with Crippen LogP contribution >= 0.6 is 11.3 Å². The molecule has 3 heterocycles. The number of imidazole rings is 1. The second-order valence-corrected chi connectivity index (χ2v) is 7.08. The molecule has 0 saturated carbocycles. The van der Waals surface area contributed by atoms with E-state index in [2.05, 4.69) is 55.1 Å². The predicted octanol–water partition coefficient (Wildman–Crippen LogP) is 4.58. The second-order valence-electron chi connectivity index (χ2n) is 6.17. The number of hydrogen-bond acceptors (Lipinski definition) is 5. The lowest BCUT2D eigenvalue weighted by molar-refractivity contribution is 1.12. The number of nitrogens with one attached hydrogen (secondary N) is 1. The summed E-state index contributed by atoms with van der Waals surface area (Å²) in [6.45, 7) is 2.11. The third-order valence-electron chi connectivity index (χ3n) is 4.04. The number of anilines is 3. The fourth-order valence-corrected chi connectivity index (χ4v) is 3.66. The van der Waals surface area contributed by atoms with Crippen molar-refractivity contribution in [1.82, 2.24) is 14.4 Å². The van der Waals surface area contributed by atoms with Gasteiger partial charge in [0.2, 0.25) is 0 Å². The van der Waals surface area contributed by atoms with Crippen LogP contribution in [0.25, 0.3) is 16.2 Å². The van der Waals surface area contributed by atoms with Crippen LogP contribution in [0, 0.1) is 6.92 Å². The minimum absolute atomic E-state index is 0.748. The Kier molecular flexibility index (Phi) is 3.89. The topological polar surface area (TPSA) is 45.5 Å². The van der Waals surface area contributed by atoms with Gasteiger partial charge in [0.05, 0.1) is 16.8 Å². The van der Waals surface area contributed by atoms with Gasteiger partial charge in [-0.15, -0.1) is 11.3 Å². The summed E-state index contributed by atoms with van der Waals surface area (Å²) in [5.74, 6) is 0.748. The van der Waals surface area contributed by atoms with Crippen LogP contribution in [0.2, 0.25) is 0 Å². The Balaban J connectivity index is 1.74. The van der Waals surface area contributed by atoms with Crippen molar-refractivity contribution in [3.63, 3.8) is 0 Å². The Bertz CT molecular complexity index is 1030. The van der Waals surface area contributed by atoms with E-state index in [-0.39, 0.29) is 0 Å². The lowest BCUT2D eigenvalue weighted by atomic mass is 10.2. The average molecular weight is 349 g/mol. The van der Waals surface area contributed by atoms with E-state index in [1.807, 2.05) is 38.6 Å². The highest BCUT2D eigenvalue weighted by atomic mass is 32.1. The lowest BCUT2D eigenvalue weighted by Gasteiger charge is -2.14. The molecule has 4 aromatic rings. The molecule has 0 atom stereocenters. The van der Waals surface area contributed by atoms with Crippen LogP contribution in [0.3, 0.4) is 0 Å². The molecule has 5 nitrogen and oxygen atoms in total. The second kappa shape index (κ2) is 6.22. The first-order valence-electron chi connectivity index (χ1n) is 8.04. The van der Waals surface area contributed by atoms with Gasteiger partial charge < -0.3 is 10.2 Å². The SMILES string of the molecule is Cc1csc(-c2cnc3c(Nc4cccc(N(C)C)c4)nccn23)c1. The first-order chi connectivity index (χ1) is 12.1. The molecule has 0 radical (unpaired) electrons. The lowest BCUT2D eigenvalue weighted by Crippen LogP contribution is -2.08. The Morgan fingerprint density at radius 3 is 2.80 bits per heavy atom. The molecule has 126 valence electrons. The summed E-state index contributed by atoms with van der Waals surface area (Å²) in [4.78, 5) is 12.4. The van der Waals surface area contributed by atoms with Gasteiger partial charge in [-0.3, -0.25) is 4.40 Å². The van der Waals surface area contributed by atoms with E-state index < -0.39 is 0 Å². The van der Waals surface area contributed by atoms with Crippen LogP contribution < -0.4 is 10.2 Å². The van der Waals surface area contributed by atoms with E-state index in [0.717, 1.165) is 28.5 Å². The standard InChI is InChI=1S/C19H19N5S/c1-13-9-17(25-12-13)16-11-21-19-18(20-7-8-24(16)19)22-14-5-4-6-15(10-14)23(2)3/h4-12H,1-3H3,(H,20,22). The van der Waals surface area contributed by atoms with Gasteiger partial charge in [0, 0.05) is 37.9 Å². The number of thiophene rings is 1. The van der Waals surface area contributed by atoms with Gasteiger partial charge in [0.25, 0.3) is 0 Å². The van der Waals surface area contributed by atoms with Crippen LogP contribution in [0.4, 0.5) is 17.2 Å². The van der Waals surface area contributed by atoms with Crippen molar-refractivity contribution in [2.24, 2.45) is 0 Å². The van der Waals surface area contributed by atoms with E-state index in [1.54, 1.807) is 17.5 Å². The molecular weight excluding hydrogens is 330 g/mol. The van der Waals surface area contributed by atoms with Crippen molar-refractivity contribution < 1.29 is 0 Å². The van der Waals surface area contributed by atoms with Crippen molar-refractivity contribution >= 4 is 34.2 Å². The minimum atomic E-state index is 0.748. The monoisotopic (exact) mass is 349 g/mol. The maximum atomic E-state index is 4.59. The molecular formula is C19H19N5S. The number of aromatic nitrogens is 3. The maximum absolute atomic E-state index is 4.59. The first kappa shape index (κ1) is 15.7. The molecule has 0 bridgehead atoms. The first-order valence-corrected chi connectivity index (χ1v) is 8.92. The van der Waals surface area contributed by atoms with Crippen LogP contribution in [-0.4, -0.2) is 28.5 Å². The van der Waals surface area contributed by atoms with Gasteiger partial charge >= 0.3 is 0 Å². The van der Waals surface area contributed by atoms with E-state index in [4.69, 9.17) is 0 Å². The molecule has 6 heteroatoms. The van der Waals surface area contributed by atoms with Gasteiger partial charge in [-0.1, -0.05) is 6.07 Å². The maximum Gasteiger partial charge on any atom is 0.180 e. The fourth-order valence-electron chi connectivity index (χ4n) is 2.75. The molecule has 4 rings (SSSR count). The Morgan fingerprint density at radius 2 is 2.04 bits per heavy atom. The molecule has 1 N–H and O–H groups in total. The normalized spacial score (nSPS) is 11.0. The van der Waals surface area contributed by atoms with Gasteiger partial charge in [-0.05, 0) is 42.1 Å². The average Bonchev–Trinajstić information content (AvgIpc) is 3.21. The van der Waals surface area contributed by atoms with Crippen molar-refractivity contribution in [3.8, 4) is 10.6 Å². The summed E-state index contributed by atoms with van der Waals surface area (Å²) in [5, 5.41) is 5.55. The summed E-state index contributed by atoms with van der Waals surface area (Å²) < 4.78 is 2.08. The number of rotatable bonds is 4. The summed E-state index contributed by atoms with van der Waals surface area (Å²) in [5.41, 5.74) is 5.29. The van der Waals surface area contributed by atoms with Crippen molar-refractivity contribution in [2.45, 2.75) is 6.92 Å². The minimum Gasteiger partial charge on any atom is -0.378 e. The smallest absolute Gasteiger partial charge is 0.180 e. The fraction of sp³-hybridized carbons (Fsp3) is 0.158. The summed E-state index contributed by atoms with van der Waals surface area (Å²) in [6.07, 6.45) is 5.66. The van der Waals surface area contributed by atoms with E-state index in [0.29, 0.717) is 0 Å². The van der Waals surface area contributed by atoms with Gasteiger partial charge in [0.1, 0.15) is 0 Å². The highest BCUT2D eigenvalue weighted by Crippen LogP contribution is 2.30. The molecule has 3 aromatic heterocycles. The molecule has 0 fully saturated rings. The van der Waals surface area contributed by atoms with Crippen LogP contribution in [0.1, 0.15) is 5.56 Å². The van der Waals surface area contributed by atoms with Crippen LogP contribution in [0.15, 0.2) is 54.3 Å². The van der Waals surface area contributed by atoms with Gasteiger partial charge in [0.15, 0.2) is 11.5 Å². The number of hydrogen-bond donors (Lipinski definition) is 1. The molecule has 0 aliphatic carbocycles. The van der Waals surface area contributed by atoms with Crippen molar-refractivity contribution in [1.29, 1.82) is 0 Å². The molecule has 0 aliphatic rings. The molecule has 25 heavy (non-hydrogen) atoms. The summed E-state index contributed by atoms with van der Waals surface area (Å²) in [6, 6.07) is 10.4. The van der Waals surface area contributed by atoms with Crippen molar-refractivity contribution in [2.75, 3.05) is 24.3 Å². The van der Waals surface area contributed by atoms with E-state index >= 15 is 0 Å². The highest BCUT2D eigenvalue weighted by molar-refractivity contribution is 7.13. The highest BCUT2D eigenvalue weighted by Gasteiger charge is 2.12. The zero-order valence-electron chi connectivity index (χ0n) is 14.4. The van der Waals surface area contributed by atoms with E-state index in [9.17, 15) is 0 Å². The molecule has 0 spiro atoms. The zero-order valence-corrected chi connectivity index (χ0v) is 15.2. The Morgan fingerprint density at radius 1 is 1.16 bits per heavy atom. The molecule has 0 saturated heterocycles. The van der Waals surface area contributed by atoms with Gasteiger partial charge in [-0.25, -0.2) is 9.97 Å². The molecule has 0 amide bonds. The van der Waals surface area contributed by atoms with Crippen molar-refractivity contribution in [3.05, 3.63) is 59.9 Å². The summed E-state index contributed by atoms with van der Waals surface area (Å²) >= 11 is 1.73. The number of benzene rings is 1. The quantitative estimate of drug-likeness (QED) is 0.586. The third kappa shape index (κ3) is 2.96. The van der Waals surface area contributed by atoms with Crippen LogP contribution in [-0.2, 0) is 0 Å². The number of nitrogens with zero attached hydrogens (tertiary/aromatic N) is 4.